The van der Waals surface area contributed by atoms with Crippen LogP contribution in [0.15, 0.2) is 54.6 Å². The van der Waals surface area contributed by atoms with E-state index in [-0.39, 0.29) is 29.8 Å². The molecule has 6 heteroatoms. The average Bonchev–Trinajstić information content (AvgIpc) is 2.97. The van der Waals surface area contributed by atoms with Crippen LogP contribution in [0.5, 0.6) is 5.75 Å². The van der Waals surface area contributed by atoms with Gasteiger partial charge in [0.15, 0.2) is 0 Å². The molecule has 0 spiro atoms. The molecule has 2 aromatic carbocycles. The maximum atomic E-state index is 12.3. The molecule has 1 aliphatic heterocycles. The van der Waals surface area contributed by atoms with Crippen molar-refractivity contribution in [2.24, 2.45) is 0 Å². The van der Waals surface area contributed by atoms with Crippen LogP contribution in [0.2, 0.25) is 0 Å². The van der Waals surface area contributed by atoms with E-state index in [0.717, 1.165) is 5.56 Å². The van der Waals surface area contributed by atoms with E-state index < -0.39 is 0 Å². The first kappa shape index (κ1) is 16.8. The number of aromatic hydroxyl groups is 1. The first-order valence-corrected chi connectivity index (χ1v) is 8.24. The number of likely N-dealkylation sites (tertiary alicyclic amines) is 1. The fourth-order valence-corrected chi connectivity index (χ4v) is 3.01. The van der Waals surface area contributed by atoms with Gasteiger partial charge in [-0.15, -0.1) is 0 Å². The topological polar surface area (TPSA) is 81.7 Å². The summed E-state index contributed by atoms with van der Waals surface area (Å²) in [6, 6.07) is 15.4. The summed E-state index contributed by atoms with van der Waals surface area (Å²) in [6.07, 6.45) is 0.292. The number of hydrogen-bond acceptors (Lipinski definition) is 3. The van der Waals surface area contributed by atoms with Crippen molar-refractivity contribution in [2.75, 3.05) is 11.9 Å². The Morgan fingerprint density at radius 3 is 2.52 bits per heavy atom. The fraction of sp³-hybridized carbons (Fsp3) is 0.263. The molecule has 3 amide bonds. The van der Waals surface area contributed by atoms with Gasteiger partial charge in [-0.3, -0.25) is 4.79 Å². The summed E-state index contributed by atoms with van der Waals surface area (Å²) in [4.78, 5) is 26.2. The molecular weight excluding hydrogens is 318 g/mol. The van der Waals surface area contributed by atoms with Crippen molar-refractivity contribution in [2.45, 2.75) is 25.4 Å². The molecular formula is C19H21N3O3. The quantitative estimate of drug-likeness (QED) is 0.749. The highest BCUT2D eigenvalue weighted by Gasteiger charge is 2.33. The Balaban J connectivity index is 1.57. The Bertz CT molecular complexity index is 746. The number of phenolic OH excluding ortho intramolecular Hbond substituents is 1. The number of rotatable bonds is 4. The monoisotopic (exact) mass is 339 g/mol. The van der Waals surface area contributed by atoms with Crippen LogP contribution in [0, 0.1) is 0 Å². The van der Waals surface area contributed by atoms with Crippen molar-refractivity contribution >= 4 is 17.6 Å². The smallest absolute Gasteiger partial charge is 0.319 e. The van der Waals surface area contributed by atoms with Gasteiger partial charge in [0, 0.05) is 18.7 Å². The molecule has 2 aromatic rings. The van der Waals surface area contributed by atoms with Crippen molar-refractivity contribution in [3.8, 4) is 5.75 Å². The van der Waals surface area contributed by atoms with E-state index in [4.69, 9.17) is 0 Å². The molecule has 2 atom stereocenters. The van der Waals surface area contributed by atoms with Crippen molar-refractivity contribution in [1.29, 1.82) is 0 Å². The SMILES string of the molecule is CC(c1ccccc1)N1CC(NC(=O)Nc2ccc(O)cc2)CC1=O. The van der Waals surface area contributed by atoms with Gasteiger partial charge in [-0.05, 0) is 36.8 Å². The van der Waals surface area contributed by atoms with E-state index >= 15 is 0 Å². The van der Waals surface area contributed by atoms with Gasteiger partial charge in [0.05, 0.1) is 12.1 Å². The summed E-state index contributed by atoms with van der Waals surface area (Å²) in [7, 11) is 0. The lowest BCUT2D eigenvalue weighted by molar-refractivity contribution is -0.129. The van der Waals surface area contributed by atoms with Crippen molar-refractivity contribution in [1.82, 2.24) is 10.2 Å². The van der Waals surface area contributed by atoms with Gasteiger partial charge in [0.25, 0.3) is 0 Å². The third-order valence-electron chi connectivity index (χ3n) is 4.37. The maximum absolute atomic E-state index is 12.3. The van der Waals surface area contributed by atoms with E-state index in [9.17, 15) is 14.7 Å². The predicted octanol–water partition coefficient (Wildman–Crippen LogP) is 2.88. The Kier molecular flexibility index (Phi) is 4.88. The zero-order valence-electron chi connectivity index (χ0n) is 14.0. The second-order valence-electron chi connectivity index (χ2n) is 6.18. The number of amides is 3. The summed E-state index contributed by atoms with van der Waals surface area (Å²) in [5, 5.41) is 14.8. The lowest BCUT2D eigenvalue weighted by atomic mass is 10.1. The molecule has 2 unspecified atom stereocenters. The van der Waals surface area contributed by atoms with Gasteiger partial charge in [-0.2, -0.15) is 0 Å². The third kappa shape index (κ3) is 4.09. The molecule has 6 nitrogen and oxygen atoms in total. The van der Waals surface area contributed by atoms with E-state index in [0.29, 0.717) is 18.7 Å². The van der Waals surface area contributed by atoms with Crippen LogP contribution in [0.25, 0.3) is 0 Å². The number of urea groups is 1. The largest absolute Gasteiger partial charge is 0.508 e. The van der Waals surface area contributed by atoms with Gasteiger partial charge in [-0.25, -0.2) is 4.79 Å². The van der Waals surface area contributed by atoms with Gasteiger partial charge in [0.2, 0.25) is 5.91 Å². The van der Waals surface area contributed by atoms with Gasteiger partial charge in [0.1, 0.15) is 5.75 Å². The standard InChI is InChI=1S/C19H21N3O3/c1-13(14-5-3-2-4-6-14)22-12-16(11-18(22)24)21-19(25)20-15-7-9-17(23)10-8-15/h2-10,13,16,23H,11-12H2,1H3,(H2,20,21,25). The molecule has 1 aliphatic rings. The normalized spacial score (nSPS) is 18.0. The molecule has 0 aromatic heterocycles. The molecule has 0 saturated carbocycles. The highest BCUT2D eigenvalue weighted by molar-refractivity contribution is 5.90. The van der Waals surface area contributed by atoms with E-state index in [1.54, 1.807) is 17.0 Å². The molecule has 0 radical (unpaired) electrons. The molecule has 1 saturated heterocycles. The number of nitrogens with zero attached hydrogens (tertiary/aromatic N) is 1. The van der Waals surface area contributed by atoms with E-state index in [2.05, 4.69) is 10.6 Å². The second kappa shape index (κ2) is 7.25. The lowest BCUT2D eigenvalue weighted by Gasteiger charge is -2.25. The highest BCUT2D eigenvalue weighted by Crippen LogP contribution is 2.25. The maximum Gasteiger partial charge on any atom is 0.319 e. The highest BCUT2D eigenvalue weighted by atomic mass is 16.3. The minimum atomic E-state index is -0.363. The molecule has 1 fully saturated rings. The van der Waals surface area contributed by atoms with Gasteiger partial charge in [-0.1, -0.05) is 30.3 Å². The number of carbonyl (C=O) groups excluding carboxylic acids is 2. The number of carbonyl (C=O) groups is 2. The van der Waals surface area contributed by atoms with Gasteiger partial charge >= 0.3 is 6.03 Å². The Hall–Kier alpha value is -3.02. The first-order valence-electron chi connectivity index (χ1n) is 8.24. The second-order valence-corrected chi connectivity index (χ2v) is 6.18. The van der Waals surface area contributed by atoms with Crippen LogP contribution in [-0.2, 0) is 4.79 Å². The summed E-state index contributed by atoms with van der Waals surface area (Å²) >= 11 is 0. The molecule has 0 bridgehead atoms. The Morgan fingerprint density at radius 2 is 1.84 bits per heavy atom. The minimum Gasteiger partial charge on any atom is -0.508 e. The fourth-order valence-electron chi connectivity index (χ4n) is 3.01. The number of anilines is 1. The summed E-state index contributed by atoms with van der Waals surface area (Å²) in [5.74, 6) is 0.171. The van der Waals surface area contributed by atoms with Crippen molar-refractivity contribution in [3.63, 3.8) is 0 Å². The summed E-state index contributed by atoms with van der Waals surface area (Å²) < 4.78 is 0. The summed E-state index contributed by atoms with van der Waals surface area (Å²) in [6.45, 7) is 2.48. The van der Waals surface area contributed by atoms with Crippen molar-refractivity contribution < 1.29 is 14.7 Å². The molecule has 3 N–H and O–H groups in total. The van der Waals surface area contributed by atoms with Crippen LogP contribution in [0.4, 0.5) is 10.5 Å². The van der Waals surface area contributed by atoms with Gasteiger partial charge < -0.3 is 20.6 Å². The van der Waals surface area contributed by atoms with Crippen LogP contribution in [-0.4, -0.2) is 34.5 Å². The zero-order chi connectivity index (χ0) is 17.8. The van der Waals surface area contributed by atoms with E-state index in [1.807, 2.05) is 37.3 Å². The number of phenols is 1. The molecule has 25 heavy (non-hydrogen) atoms. The number of hydrogen-bond donors (Lipinski definition) is 3. The lowest BCUT2D eigenvalue weighted by Crippen LogP contribution is -2.40. The zero-order valence-corrected chi connectivity index (χ0v) is 14.0. The van der Waals surface area contributed by atoms with Crippen LogP contribution in [0.3, 0.4) is 0 Å². The number of benzene rings is 2. The third-order valence-corrected chi connectivity index (χ3v) is 4.37. The molecule has 0 aliphatic carbocycles. The molecule has 130 valence electrons. The number of nitrogens with one attached hydrogen (secondary N) is 2. The van der Waals surface area contributed by atoms with Crippen LogP contribution in [0.1, 0.15) is 24.9 Å². The first-order chi connectivity index (χ1) is 12.0. The minimum absolute atomic E-state index is 0.0272. The molecule has 3 rings (SSSR count). The average molecular weight is 339 g/mol. The van der Waals surface area contributed by atoms with Crippen LogP contribution < -0.4 is 10.6 Å². The Labute approximate surface area is 146 Å². The van der Waals surface area contributed by atoms with Crippen LogP contribution >= 0.6 is 0 Å². The summed E-state index contributed by atoms with van der Waals surface area (Å²) in [5.41, 5.74) is 1.65. The predicted molar refractivity (Wildman–Crippen MR) is 95.2 cm³/mol. The van der Waals surface area contributed by atoms with Crippen molar-refractivity contribution in [3.05, 3.63) is 60.2 Å². The Morgan fingerprint density at radius 1 is 1.16 bits per heavy atom. The molecule has 1 heterocycles. The van der Waals surface area contributed by atoms with E-state index in [1.165, 1.54) is 12.1 Å².